The van der Waals surface area contributed by atoms with Crippen LogP contribution < -0.4 is 5.32 Å². The molecule has 0 saturated carbocycles. The van der Waals surface area contributed by atoms with Gasteiger partial charge in [-0.25, -0.2) is 8.42 Å². The molecule has 0 radical (unpaired) electrons. The molecule has 156 valence electrons. The summed E-state index contributed by atoms with van der Waals surface area (Å²) in [6.45, 7) is 6.50. The molecule has 0 spiro atoms. The zero-order valence-corrected chi connectivity index (χ0v) is 18.6. The summed E-state index contributed by atoms with van der Waals surface area (Å²) in [5.74, 6) is -0.216. The van der Waals surface area contributed by atoms with Gasteiger partial charge in [-0.05, 0) is 74.6 Å². The Hall–Kier alpha value is -1.89. The molecule has 3 rings (SSSR count). The van der Waals surface area contributed by atoms with Crippen LogP contribution in [0.5, 0.6) is 0 Å². The average molecular weight is 435 g/mol. The van der Waals surface area contributed by atoms with E-state index in [0.717, 1.165) is 16.7 Å². The maximum Gasteiger partial charge on any atom is 0.243 e. The van der Waals surface area contributed by atoms with Crippen molar-refractivity contribution in [3.63, 3.8) is 0 Å². The Bertz CT molecular complexity index is 982. The lowest BCUT2D eigenvalue weighted by Crippen LogP contribution is -2.43. The second kappa shape index (κ2) is 8.86. The number of carbonyl (C=O) groups excluding carboxylic acids is 1. The van der Waals surface area contributed by atoms with Gasteiger partial charge in [-0.15, -0.1) is 0 Å². The maximum atomic E-state index is 12.9. The van der Waals surface area contributed by atoms with Gasteiger partial charge in [0.15, 0.2) is 0 Å². The van der Waals surface area contributed by atoms with Crippen molar-refractivity contribution < 1.29 is 13.2 Å². The molecule has 1 aliphatic rings. The summed E-state index contributed by atoms with van der Waals surface area (Å²) in [5, 5.41) is 3.69. The molecule has 1 aliphatic heterocycles. The number of nitrogens with zero attached hydrogens (tertiary/aromatic N) is 1. The van der Waals surface area contributed by atoms with Crippen molar-refractivity contribution >= 4 is 27.5 Å². The van der Waals surface area contributed by atoms with Gasteiger partial charge in [-0.1, -0.05) is 29.8 Å². The topological polar surface area (TPSA) is 66.5 Å². The Balaban J connectivity index is 1.60. The van der Waals surface area contributed by atoms with Crippen molar-refractivity contribution in [1.82, 2.24) is 9.62 Å². The van der Waals surface area contributed by atoms with E-state index >= 15 is 0 Å². The van der Waals surface area contributed by atoms with Gasteiger partial charge in [0.2, 0.25) is 15.9 Å². The Morgan fingerprint density at radius 2 is 1.69 bits per heavy atom. The van der Waals surface area contributed by atoms with Crippen molar-refractivity contribution in [2.24, 2.45) is 5.92 Å². The predicted molar refractivity (Wildman–Crippen MR) is 115 cm³/mol. The molecule has 0 aliphatic carbocycles. The summed E-state index contributed by atoms with van der Waals surface area (Å²) in [6.07, 6.45) is 1.03. The Morgan fingerprint density at radius 1 is 1.07 bits per heavy atom. The summed E-state index contributed by atoms with van der Waals surface area (Å²) in [7, 11) is -3.53. The first-order valence-electron chi connectivity index (χ1n) is 9.81. The minimum Gasteiger partial charge on any atom is -0.349 e. The summed E-state index contributed by atoms with van der Waals surface area (Å²) in [4.78, 5) is 13.0. The number of hydrogen-bond donors (Lipinski definition) is 1. The average Bonchev–Trinajstić information content (AvgIpc) is 2.70. The molecule has 0 aromatic heterocycles. The molecule has 1 fully saturated rings. The smallest absolute Gasteiger partial charge is 0.243 e. The highest BCUT2D eigenvalue weighted by molar-refractivity contribution is 7.89. The van der Waals surface area contributed by atoms with Crippen molar-refractivity contribution in [3.8, 4) is 0 Å². The van der Waals surface area contributed by atoms with Gasteiger partial charge in [0, 0.05) is 24.0 Å². The summed E-state index contributed by atoms with van der Waals surface area (Å²) >= 11 is 5.91. The van der Waals surface area contributed by atoms with E-state index in [9.17, 15) is 13.2 Å². The van der Waals surface area contributed by atoms with Crippen LogP contribution in [0.3, 0.4) is 0 Å². The third kappa shape index (κ3) is 5.00. The second-order valence-corrected chi connectivity index (χ2v) is 10.1. The predicted octanol–water partition coefficient (Wildman–Crippen LogP) is 4.23. The Labute approximate surface area is 178 Å². The van der Waals surface area contributed by atoms with E-state index in [4.69, 9.17) is 11.6 Å². The zero-order valence-electron chi connectivity index (χ0n) is 17.0. The lowest BCUT2D eigenvalue weighted by molar-refractivity contribution is -0.126. The first-order chi connectivity index (χ1) is 13.7. The highest BCUT2D eigenvalue weighted by Gasteiger charge is 2.32. The second-order valence-electron chi connectivity index (χ2n) is 7.71. The first kappa shape index (κ1) is 21.8. The van der Waals surface area contributed by atoms with Crippen molar-refractivity contribution in [1.29, 1.82) is 0 Å². The van der Waals surface area contributed by atoms with Gasteiger partial charge >= 0.3 is 0 Å². The molecule has 29 heavy (non-hydrogen) atoms. The minimum atomic E-state index is -3.53. The summed E-state index contributed by atoms with van der Waals surface area (Å²) in [6, 6.07) is 12.5. The fraction of sp³-hybridized carbons (Fsp3) is 0.409. The number of hydrogen-bond acceptors (Lipinski definition) is 3. The fourth-order valence-electron chi connectivity index (χ4n) is 3.55. The molecule has 5 nitrogen and oxygen atoms in total. The van der Waals surface area contributed by atoms with Crippen LogP contribution in [0.4, 0.5) is 0 Å². The quantitative estimate of drug-likeness (QED) is 0.765. The number of amides is 1. The van der Waals surface area contributed by atoms with Crippen molar-refractivity contribution in [2.75, 3.05) is 13.1 Å². The molecule has 0 bridgehead atoms. The minimum absolute atomic E-state index is 0.0318. The normalized spacial score (nSPS) is 17.1. The van der Waals surface area contributed by atoms with E-state index in [2.05, 4.69) is 5.32 Å². The SMILES string of the molecule is Cc1ccc(S(=O)(=O)N2CCC(C(=O)NC(C)c3ccc(Cl)cc3)CC2)cc1C. The van der Waals surface area contributed by atoms with Crippen molar-refractivity contribution in [2.45, 2.75) is 44.6 Å². The molecule has 1 atom stereocenters. The fourth-order valence-corrected chi connectivity index (χ4v) is 5.23. The van der Waals surface area contributed by atoms with Crippen LogP contribution in [-0.4, -0.2) is 31.7 Å². The lowest BCUT2D eigenvalue weighted by Gasteiger charge is -2.31. The zero-order chi connectivity index (χ0) is 21.2. The number of carbonyl (C=O) groups is 1. The van der Waals surface area contributed by atoms with Crippen LogP contribution in [0.25, 0.3) is 0 Å². The number of rotatable bonds is 5. The molecular formula is C22H27ClN2O3S. The van der Waals surface area contributed by atoms with E-state index in [0.29, 0.717) is 35.8 Å². The van der Waals surface area contributed by atoms with Gasteiger partial charge in [0.05, 0.1) is 10.9 Å². The number of piperidine rings is 1. The van der Waals surface area contributed by atoms with Gasteiger partial charge in [0.1, 0.15) is 0 Å². The highest BCUT2D eigenvalue weighted by Crippen LogP contribution is 2.26. The van der Waals surface area contributed by atoms with Crippen LogP contribution in [0.2, 0.25) is 5.02 Å². The molecule has 2 aromatic rings. The number of sulfonamides is 1. The molecule has 1 heterocycles. The largest absolute Gasteiger partial charge is 0.349 e. The Morgan fingerprint density at radius 3 is 2.28 bits per heavy atom. The number of halogens is 1. The monoisotopic (exact) mass is 434 g/mol. The summed E-state index contributed by atoms with van der Waals surface area (Å²) < 4.78 is 27.4. The van der Waals surface area contributed by atoms with Gasteiger partial charge < -0.3 is 5.32 Å². The highest BCUT2D eigenvalue weighted by atomic mass is 35.5. The van der Waals surface area contributed by atoms with E-state index in [1.54, 1.807) is 24.3 Å². The molecule has 1 N–H and O–H groups in total. The lowest BCUT2D eigenvalue weighted by atomic mass is 9.96. The van der Waals surface area contributed by atoms with E-state index in [-0.39, 0.29) is 17.9 Å². The number of aryl methyl sites for hydroxylation is 2. The molecule has 1 amide bonds. The number of benzene rings is 2. The molecule has 1 unspecified atom stereocenters. The Kier molecular flexibility index (Phi) is 6.66. The summed E-state index contributed by atoms with van der Waals surface area (Å²) in [5.41, 5.74) is 3.00. The third-order valence-electron chi connectivity index (χ3n) is 5.67. The van der Waals surface area contributed by atoms with Crippen LogP contribution in [0.15, 0.2) is 47.4 Å². The van der Waals surface area contributed by atoms with Crippen LogP contribution in [0, 0.1) is 19.8 Å². The van der Waals surface area contributed by atoms with Crippen LogP contribution >= 0.6 is 11.6 Å². The number of nitrogens with one attached hydrogen (secondary N) is 1. The van der Waals surface area contributed by atoms with E-state index in [1.165, 1.54) is 4.31 Å². The maximum absolute atomic E-state index is 12.9. The molecule has 7 heteroatoms. The van der Waals surface area contributed by atoms with Crippen molar-refractivity contribution in [3.05, 3.63) is 64.2 Å². The van der Waals surface area contributed by atoms with Gasteiger partial charge in [-0.3, -0.25) is 4.79 Å². The molecule has 2 aromatic carbocycles. The standard InChI is InChI=1S/C22H27ClN2O3S/c1-15-4-9-21(14-16(15)2)29(27,28)25-12-10-19(11-13-25)22(26)24-17(3)18-5-7-20(23)8-6-18/h4-9,14,17,19H,10-13H2,1-3H3,(H,24,26). The van der Waals surface area contributed by atoms with Gasteiger partial charge in [-0.2, -0.15) is 4.31 Å². The third-order valence-corrected chi connectivity index (χ3v) is 7.82. The molecular weight excluding hydrogens is 408 g/mol. The van der Waals surface area contributed by atoms with Crippen LogP contribution in [0.1, 0.15) is 42.5 Å². The van der Waals surface area contributed by atoms with Gasteiger partial charge in [0.25, 0.3) is 0 Å². The van der Waals surface area contributed by atoms with E-state index in [1.807, 2.05) is 39.0 Å². The van der Waals surface area contributed by atoms with Crippen LogP contribution in [-0.2, 0) is 14.8 Å². The first-order valence-corrected chi connectivity index (χ1v) is 11.6. The van der Waals surface area contributed by atoms with E-state index < -0.39 is 10.0 Å². The molecule has 1 saturated heterocycles.